The van der Waals surface area contributed by atoms with Gasteiger partial charge in [0, 0.05) is 5.54 Å². The monoisotopic (exact) mass is 336 g/mol. The van der Waals surface area contributed by atoms with Crippen molar-refractivity contribution in [3.05, 3.63) is 29.8 Å². The Labute approximate surface area is 145 Å². The third-order valence-corrected chi connectivity index (χ3v) is 3.31. The minimum absolute atomic E-state index is 0.195. The fourth-order valence-electron chi connectivity index (χ4n) is 2.03. The number of ether oxygens (including phenoxy) is 1. The fraction of sp³-hybridized carbons (Fsp3) is 0.556. The molecule has 128 valence electrons. The standard InChI is InChI=1S/C18H28N2O2S/c1-5-6-7-10-13-22-15-12-9-8-11-14(15)16(21)19-17(23)20-18(2,3)4/h8-9,11-12H,5-7,10,13H2,1-4H3,(H2,19,20,21,23). The van der Waals surface area contributed by atoms with Crippen molar-refractivity contribution in [1.29, 1.82) is 0 Å². The lowest BCUT2D eigenvalue weighted by Gasteiger charge is -2.22. The molecule has 0 spiro atoms. The number of rotatable bonds is 7. The highest BCUT2D eigenvalue weighted by Gasteiger charge is 2.16. The number of carbonyl (C=O) groups excluding carboxylic acids is 1. The molecule has 0 saturated carbocycles. The number of nitrogens with one attached hydrogen (secondary N) is 2. The second kappa shape index (κ2) is 9.50. The predicted octanol–water partition coefficient (Wildman–Crippen LogP) is 4.05. The number of thiocarbonyl (C=S) groups is 1. The summed E-state index contributed by atoms with van der Waals surface area (Å²) < 4.78 is 5.76. The molecular weight excluding hydrogens is 308 g/mol. The Bertz CT molecular complexity index is 524. The Morgan fingerprint density at radius 1 is 1.17 bits per heavy atom. The van der Waals surface area contributed by atoms with Gasteiger partial charge < -0.3 is 10.1 Å². The molecule has 0 saturated heterocycles. The molecule has 0 radical (unpaired) electrons. The minimum atomic E-state index is -0.254. The van der Waals surface area contributed by atoms with Gasteiger partial charge in [-0.05, 0) is 51.5 Å². The summed E-state index contributed by atoms with van der Waals surface area (Å²) >= 11 is 5.17. The van der Waals surface area contributed by atoms with Crippen LogP contribution in [0.15, 0.2) is 24.3 Å². The van der Waals surface area contributed by atoms with Crippen LogP contribution in [0, 0.1) is 0 Å². The minimum Gasteiger partial charge on any atom is -0.493 e. The first-order valence-corrected chi connectivity index (χ1v) is 8.59. The lowest BCUT2D eigenvalue weighted by atomic mass is 10.1. The molecule has 1 aromatic carbocycles. The molecule has 0 aliphatic carbocycles. The quantitative estimate of drug-likeness (QED) is 0.582. The third-order valence-electron chi connectivity index (χ3n) is 3.10. The predicted molar refractivity (Wildman–Crippen MR) is 99.0 cm³/mol. The van der Waals surface area contributed by atoms with Crippen molar-refractivity contribution in [1.82, 2.24) is 10.6 Å². The molecule has 0 aliphatic heterocycles. The first-order chi connectivity index (χ1) is 10.8. The summed E-state index contributed by atoms with van der Waals surface area (Å²) in [6, 6.07) is 7.24. The maximum atomic E-state index is 12.4. The highest BCUT2D eigenvalue weighted by atomic mass is 32.1. The lowest BCUT2D eigenvalue weighted by molar-refractivity contribution is 0.0972. The average molecular weight is 337 g/mol. The van der Waals surface area contributed by atoms with Gasteiger partial charge in [-0.25, -0.2) is 0 Å². The van der Waals surface area contributed by atoms with E-state index in [-0.39, 0.29) is 11.4 Å². The van der Waals surface area contributed by atoms with E-state index in [9.17, 15) is 4.79 Å². The Hall–Kier alpha value is -1.62. The second-order valence-electron chi connectivity index (χ2n) is 6.56. The Kier molecular flexibility index (Phi) is 8.03. The normalized spacial score (nSPS) is 11.0. The zero-order chi connectivity index (χ0) is 17.3. The van der Waals surface area contributed by atoms with Crippen molar-refractivity contribution >= 4 is 23.2 Å². The smallest absolute Gasteiger partial charge is 0.261 e. The van der Waals surface area contributed by atoms with Crippen molar-refractivity contribution in [3.63, 3.8) is 0 Å². The second-order valence-corrected chi connectivity index (χ2v) is 6.97. The van der Waals surface area contributed by atoms with Crippen molar-refractivity contribution in [3.8, 4) is 5.75 Å². The maximum Gasteiger partial charge on any atom is 0.261 e. The molecule has 1 amide bonds. The summed E-state index contributed by atoms with van der Waals surface area (Å²) in [5.74, 6) is 0.343. The Morgan fingerprint density at radius 3 is 2.52 bits per heavy atom. The van der Waals surface area contributed by atoms with Gasteiger partial charge in [-0.3, -0.25) is 10.1 Å². The topological polar surface area (TPSA) is 50.4 Å². The van der Waals surface area contributed by atoms with Crippen molar-refractivity contribution < 1.29 is 9.53 Å². The number of carbonyl (C=O) groups is 1. The summed E-state index contributed by atoms with van der Waals surface area (Å²) in [6.07, 6.45) is 4.54. The van der Waals surface area contributed by atoms with Crippen LogP contribution in [0.25, 0.3) is 0 Å². The number of benzene rings is 1. The summed E-state index contributed by atoms with van der Waals surface area (Å²) in [4.78, 5) is 12.4. The van der Waals surface area contributed by atoms with Crippen LogP contribution in [0.2, 0.25) is 0 Å². The summed E-state index contributed by atoms with van der Waals surface area (Å²) in [6.45, 7) is 8.75. The lowest BCUT2D eigenvalue weighted by Crippen LogP contribution is -2.48. The van der Waals surface area contributed by atoms with Crippen LogP contribution >= 0.6 is 12.2 Å². The van der Waals surface area contributed by atoms with Gasteiger partial charge in [0.15, 0.2) is 5.11 Å². The molecule has 5 heteroatoms. The van der Waals surface area contributed by atoms with Gasteiger partial charge in [-0.2, -0.15) is 0 Å². The van der Waals surface area contributed by atoms with Crippen LogP contribution in [0.1, 0.15) is 63.7 Å². The molecule has 0 atom stereocenters. The largest absolute Gasteiger partial charge is 0.493 e. The molecule has 0 aromatic heterocycles. The number of amides is 1. The molecule has 4 nitrogen and oxygen atoms in total. The van der Waals surface area contributed by atoms with Gasteiger partial charge in [0.25, 0.3) is 5.91 Å². The van der Waals surface area contributed by atoms with E-state index >= 15 is 0 Å². The van der Waals surface area contributed by atoms with E-state index in [0.29, 0.717) is 23.0 Å². The van der Waals surface area contributed by atoms with Crippen molar-refractivity contribution in [2.24, 2.45) is 0 Å². The van der Waals surface area contributed by atoms with Crippen molar-refractivity contribution in [2.75, 3.05) is 6.61 Å². The zero-order valence-corrected chi connectivity index (χ0v) is 15.4. The van der Waals surface area contributed by atoms with Crippen LogP contribution in [-0.2, 0) is 0 Å². The maximum absolute atomic E-state index is 12.4. The van der Waals surface area contributed by atoms with E-state index in [0.717, 1.165) is 12.8 Å². The highest BCUT2D eigenvalue weighted by Crippen LogP contribution is 2.18. The van der Waals surface area contributed by atoms with Crippen LogP contribution in [-0.4, -0.2) is 23.2 Å². The molecule has 0 fully saturated rings. The first kappa shape index (κ1) is 19.4. The molecule has 1 rings (SSSR count). The molecule has 23 heavy (non-hydrogen) atoms. The SMILES string of the molecule is CCCCCCOc1ccccc1C(=O)NC(=S)NC(C)(C)C. The third kappa shape index (κ3) is 7.98. The molecule has 1 aromatic rings. The zero-order valence-electron chi connectivity index (χ0n) is 14.6. The molecule has 0 unspecified atom stereocenters. The summed E-state index contributed by atoms with van der Waals surface area (Å²) in [7, 11) is 0. The van der Waals surface area contributed by atoms with Gasteiger partial charge in [0.2, 0.25) is 0 Å². The average Bonchev–Trinajstić information content (AvgIpc) is 2.45. The number of para-hydroxylation sites is 1. The van der Waals surface area contributed by atoms with Gasteiger partial charge >= 0.3 is 0 Å². The molecular formula is C18H28N2O2S. The Morgan fingerprint density at radius 2 is 1.87 bits per heavy atom. The van der Waals surface area contributed by atoms with Crippen LogP contribution in [0.3, 0.4) is 0 Å². The van der Waals surface area contributed by atoms with E-state index in [4.69, 9.17) is 17.0 Å². The van der Waals surface area contributed by atoms with Gasteiger partial charge in [0.05, 0.1) is 12.2 Å². The Balaban J connectivity index is 2.61. The van der Waals surface area contributed by atoms with E-state index in [2.05, 4.69) is 17.6 Å². The molecule has 0 aliphatic rings. The molecule has 0 bridgehead atoms. The van der Waals surface area contributed by atoms with E-state index in [1.807, 2.05) is 39.0 Å². The van der Waals surface area contributed by atoms with E-state index < -0.39 is 0 Å². The van der Waals surface area contributed by atoms with Gasteiger partial charge in [0.1, 0.15) is 5.75 Å². The fourth-order valence-corrected chi connectivity index (χ4v) is 2.43. The summed E-state index contributed by atoms with van der Waals surface area (Å²) in [5.41, 5.74) is 0.306. The van der Waals surface area contributed by atoms with E-state index in [1.165, 1.54) is 12.8 Å². The molecule has 2 N–H and O–H groups in total. The summed E-state index contributed by atoms with van der Waals surface area (Å²) in [5, 5.41) is 6.09. The highest BCUT2D eigenvalue weighted by molar-refractivity contribution is 7.80. The van der Waals surface area contributed by atoms with Crippen LogP contribution in [0.4, 0.5) is 0 Å². The van der Waals surface area contributed by atoms with Gasteiger partial charge in [-0.1, -0.05) is 38.3 Å². The number of unbranched alkanes of at least 4 members (excludes halogenated alkanes) is 3. The first-order valence-electron chi connectivity index (χ1n) is 8.19. The van der Waals surface area contributed by atoms with E-state index in [1.54, 1.807) is 6.07 Å². The van der Waals surface area contributed by atoms with Gasteiger partial charge in [-0.15, -0.1) is 0 Å². The van der Waals surface area contributed by atoms with Crippen molar-refractivity contribution in [2.45, 2.75) is 58.9 Å². The van der Waals surface area contributed by atoms with Crippen LogP contribution in [0.5, 0.6) is 5.75 Å². The number of hydrogen-bond acceptors (Lipinski definition) is 3. The molecule has 0 heterocycles. The van der Waals surface area contributed by atoms with Crippen LogP contribution < -0.4 is 15.4 Å². The number of hydrogen-bond donors (Lipinski definition) is 2.